The number of anilines is 2. The molecule has 0 saturated heterocycles. The number of halogens is 2. The Labute approximate surface area is 179 Å². The van der Waals surface area contributed by atoms with E-state index in [9.17, 15) is 0 Å². The van der Waals surface area contributed by atoms with Gasteiger partial charge in [-0.05, 0) is 55.9 Å². The number of nitrogens with one attached hydrogen (secondary N) is 2. The van der Waals surface area contributed by atoms with Gasteiger partial charge in [0.1, 0.15) is 5.75 Å². The number of aromatic nitrogens is 2. The van der Waals surface area contributed by atoms with Crippen molar-refractivity contribution in [1.29, 1.82) is 0 Å². The number of hydrogen-bond donors (Lipinski definition) is 2. The van der Waals surface area contributed by atoms with Crippen LogP contribution in [0.15, 0.2) is 48.5 Å². The molecule has 146 valence electrons. The minimum atomic E-state index is 0.436. The molecule has 2 aromatic carbocycles. The van der Waals surface area contributed by atoms with Crippen LogP contribution in [-0.2, 0) is 6.54 Å². The van der Waals surface area contributed by atoms with E-state index in [4.69, 9.17) is 40.2 Å². The summed E-state index contributed by atoms with van der Waals surface area (Å²) in [5, 5.41) is 12.3. The third-order valence-corrected chi connectivity index (χ3v) is 4.92. The predicted molar refractivity (Wildman–Crippen MR) is 120 cm³/mol. The lowest BCUT2D eigenvalue weighted by molar-refractivity contribution is 0.342. The molecule has 3 rings (SSSR count). The SMILES string of the molecule is CCOc1ccccc1NC(=S)Nc1cc(C)n(Cc2ccc(Cl)c(Cl)c2)n1. The Bertz CT molecular complexity index is 990. The van der Waals surface area contributed by atoms with Crippen LogP contribution < -0.4 is 15.4 Å². The molecule has 0 saturated carbocycles. The first-order valence-electron chi connectivity index (χ1n) is 8.74. The number of thiocarbonyl (C=S) groups is 1. The molecule has 0 radical (unpaired) electrons. The monoisotopic (exact) mass is 434 g/mol. The van der Waals surface area contributed by atoms with Crippen LogP contribution in [0.1, 0.15) is 18.2 Å². The number of benzene rings is 2. The van der Waals surface area contributed by atoms with E-state index in [0.29, 0.717) is 34.1 Å². The van der Waals surface area contributed by atoms with Gasteiger partial charge in [0.05, 0.1) is 28.9 Å². The molecule has 0 bridgehead atoms. The average Bonchev–Trinajstić information content (AvgIpc) is 2.99. The Morgan fingerprint density at radius 3 is 2.64 bits per heavy atom. The fraction of sp³-hybridized carbons (Fsp3) is 0.200. The van der Waals surface area contributed by atoms with Gasteiger partial charge < -0.3 is 15.4 Å². The van der Waals surface area contributed by atoms with E-state index in [0.717, 1.165) is 22.7 Å². The molecule has 3 aromatic rings. The first-order chi connectivity index (χ1) is 13.5. The molecule has 0 atom stereocenters. The molecule has 0 aliphatic carbocycles. The van der Waals surface area contributed by atoms with Crippen molar-refractivity contribution in [3.05, 3.63) is 69.8 Å². The zero-order valence-corrected chi connectivity index (χ0v) is 17.8. The molecule has 0 fully saturated rings. The van der Waals surface area contributed by atoms with Crippen molar-refractivity contribution in [2.45, 2.75) is 20.4 Å². The lowest BCUT2D eigenvalue weighted by Crippen LogP contribution is -2.20. The number of rotatable bonds is 6. The van der Waals surface area contributed by atoms with Crippen LogP contribution in [0.4, 0.5) is 11.5 Å². The highest BCUT2D eigenvalue weighted by atomic mass is 35.5. The molecular weight excluding hydrogens is 415 g/mol. The molecule has 1 aromatic heterocycles. The normalized spacial score (nSPS) is 10.6. The summed E-state index contributed by atoms with van der Waals surface area (Å²) in [6.45, 7) is 5.09. The van der Waals surface area contributed by atoms with E-state index >= 15 is 0 Å². The Kier molecular flexibility index (Phi) is 6.78. The van der Waals surface area contributed by atoms with E-state index in [1.165, 1.54) is 0 Å². The molecule has 0 unspecified atom stereocenters. The van der Waals surface area contributed by atoms with Gasteiger partial charge in [-0.2, -0.15) is 5.10 Å². The number of nitrogens with zero attached hydrogens (tertiary/aromatic N) is 2. The topological polar surface area (TPSA) is 51.1 Å². The molecule has 8 heteroatoms. The summed E-state index contributed by atoms with van der Waals surface area (Å²) < 4.78 is 7.48. The van der Waals surface area contributed by atoms with Gasteiger partial charge in [0, 0.05) is 11.8 Å². The van der Waals surface area contributed by atoms with Gasteiger partial charge in [-0.3, -0.25) is 4.68 Å². The molecule has 0 spiro atoms. The molecule has 2 N–H and O–H groups in total. The van der Waals surface area contributed by atoms with Crippen LogP contribution in [0, 0.1) is 6.92 Å². The maximum absolute atomic E-state index is 6.10. The Morgan fingerprint density at radius 1 is 1.11 bits per heavy atom. The zero-order valence-electron chi connectivity index (χ0n) is 15.5. The van der Waals surface area contributed by atoms with Gasteiger partial charge >= 0.3 is 0 Å². The average molecular weight is 435 g/mol. The minimum absolute atomic E-state index is 0.436. The first kappa shape index (κ1) is 20.5. The van der Waals surface area contributed by atoms with Crippen molar-refractivity contribution in [3.8, 4) is 5.75 Å². The van der Waals surface area contributed by atoms with Crippen molar-refractivity contribution in [1.82, 2.24) is 9.78 Å². The summed E-state index contributed by atoms with van der Waals surface area (Å²) in [4.78, 5) is 0. The van der Waals surface area contributed by atoms with Gasteiger partial charge in [0.15, 0.2) is 10.9 Å². The van der Waals surface area contributed by atoms with E-state index in [1.807, 2.05) is 61.0 Å². The molecule has 28 heavy (non-hydrogen) atoms. The lowest BCUT2D eigenvalue weighted by Gasteiger charge is -2.13. The smallest absolute Gasteiger partial charge is 0.176 e. The summed E-state index contributed by atoms with van der Waals surface area (Å²) in [7, 11) is 0. The summed E-state index contributed by atoms with van der Waals surface area (Å²) >= 11 is 17.5. The van der Waals surface area contributed by atoms with Crippen LogP contribution in [0.3, 0.4) is 0 Å². The Hall–Kier alpha value is -2.28. The molecule has 0 aliphatic heterocycles. The standard InChI is InChI=1S/C20H20Cl2N4OS/c1-3-27-18-7-5-4-6-17(18)23-20(28)24-19-10-13(2)26(25-19)12-14-8-9-15(21)16(22)11-14/h4-11H,3,12H2,1-2H3,(H2,23,24,25,28). The van der Waals surface area contributed by atoms with Crippen LogP contribution >= 0.6 is 35.4 Å². The fourth-order valence-corrected chi connectivity index (χ4v) is 3.20. The van der Waals surface area contributed by atoms with Crippen molar-refractivity contribution >= 4 is 52.0 Å². The molecule has 1 heterocycles. The van der Waals surface area contributed by atoms with Gasteiger partial charge in [-0.1, -0.05) is 41.4 Å². The highest BCUT2D eigenvalue weighted by Crippen LogP contribution is 2.25. The second-order valence-corrected chi connectivity index (χ2v) is 7.31. The summed E-state index contributed by atoms with van der Waals surface area (Å²) in [5.41, 5.74) is 2.80. The van der Waals surface area contributed by atoms with Gasteiger partial charge in [-0.25, -0.2) is 0 Å². The highest BCUT2D eigenvalue weighted by molar-refractivity contribution is 7.80. The van der Waals surface area contributed by atoms with E-state index in [2.05, 4.69) is 15.7 Å². The number of hydrogen-bond acceptors (Lipinski definition) is 3. The Morgan fingerprint density at radius 2 is 1.89 bits per heavy atom. The summed E-state index contributed by atoms with van der Waals surface area (Å²) in [6.07, 6.45) is 0. The minimum Gasteiger partial charge on any atom is -0.492 e. The van der Waals surface area contributed by atoms with Crippen LogP contribution in [0.5, 0.6) is 5.75 Å². The maximum Gasteiger partial charge on any atom is 0.176 e. The summed E-state index contributed by atoms with van der Waals surface area (Å²) in [5.74, 6) is 1.40. The van der Waals surface area contributed by atoms with Gasteiger partial charge in [0.2, 0.25) is 0 Å². The number of para-hydroxylation sites is 2. The van der Waals surface area contributed by atoms with Crippen LogP contribution in [0.2, 0.25) is 10.0 Å². The van der Waals surface area contributed by atoms with E-state index < -0.39 is 0 Å². The zero-order chi connectivity index (χ0) is 20.1. The third kappa shape index (κ3) is 5.16. The quantitative estimate of drug-likeness (QED) is 0.483. The Balaban J connectivity index is 1.67. The number of ether oxygens (including phenoxy) is 1. The molecule has 0 aliphatic rings. The van der Waals surface area contributed by atoms with Crippen molar-refractivity contribution < 1.29 is 4.74 Å². The second kappa shape index (κ2) is 9.28. The molecule has 5 nitrogen and oxygen atoms in total. The number of aryl methyl sites for hydroxylation is 1. The van der Waals surface area contributed by atoms with E-state index in [1.54, 1.807) is 6.07 Å². The first-order valence-corrected chi connectivity index (χ1v) is 9.91. The predicted octanol–water partition coefficient (Wildman–Crippen LogP) is 5.75. The van der Waals surface area contributed by atoms with Crippen molar-refractivity contribution in [2.24, 2.45) is 0 Å². The van der Waals surface area contributed by atoms with Crippen LogP contribution in [0.25, 0.3) is 0 Å². The molecule has 0 amide bonds. The lowest BCUT2D eigenvalue weighted by atomic mass is 10.2. The largest absolute Gasteiger partial charge is 0.492 e. The van der Waals surface area contributed by atoms with E-state index in [-0.39, 0.29) is 0 Å². The van der Waals surface area contributed by atoms with Crippen molar-refractivity contribution in [2.75, 3.05) is 17.2 Å². The maximum atomic E-state index is 6.10. The summed E-state index contributed by atoms with van der Waals surface area (Å²) in [6, 6.07) is 15.1. The second-order valence-electron chi connectivity index (χ2n) is 6.09. The fourth-order valence-electron chi connectivity index (χ4n) is 2.66. The van der Waals surface area contributed by atoms with Gasteiger partial charge in [-0.15, -0.1) is 0 Å². The third-order valence-electron chi connectivity index (χ3n) is 3.97. The molecular formula is C20H20Cl2N4OS. The van der Waals surface area contributed by atoms with Gasteiger partial charge in [0.25, 0.3) is 0 Å². The van der Waals surface area contributed by atoms with Crippen molar-refractivity contribution in [3.63, 3.8) is 0 Å². The van der Waals surface area contributed by atoms with Crippen LogP contribution in [-0.4, -0.2) is 21.5 Å². The highest BCUT2D eigenvalue weighted by Gasteiger charge is 2.09.